The van der Waals surface area contributed by atoms with Crippen LogP contribution in [0.2, 0.25) is 0 Å². The van der Waals surface area contributed by atoms with Crippen LogP contribution in [0.15, 0.2) is 78.0 Å². The van der Waals surface area contributed by atoms with Crippen molar-refractivity contribution in [3.63, 3.8) is 0 Å². The van der Waals surface area contributed by atoms with Crippen LogP contribution in [0.1, 0.15) is 60.0 Å². The lowest BCUT2D eigenvalue weighted by molar-refractivity contribution is -0.135. The van der Waals surface area contributed by atoms with E-state index in [1.807, 2.05) is 30.2 Å². The van der Waals surface area contributed by atoms with Crippen LogP contribution in [-0.4, -0.2) is 91.4 Å². The van der Waals surface area contributed by atoms with Gasteiger partial charge in [-0.3, -0.25) is 19.1 Å². The van der Waals surface area contributed by atoms with E-state index in [0.29, 0.717) is 63.2 Å². The minimum absolute atomic E-state index is 0.000764. The molecule has 55 heavy (non-hydrogen) atoms. The minimum Gasteiger partial charge on any atom is -0.506 e. The topological polar surface area (TPSA) is 181 Å². The molecular weight excluding hydrogens is 725 g/mol. The molecule has 0 unspecified atom stereocenters. The van der Waals surface area contributed by atoms with E-state index in [0.717, 1.165) is 36.0 Å². The molecule has 0 atom stereocenters. The summed E-state index contributed by atoms with van der Waals surface area (Å²) in [4.78, 5) is 38.1. The fourth-order valence-corrected chi connectivity index (χ4v) is 8.18. The molecule has 14 nitrogen and oxygen atoms in total. The molecule has 0 saturated heterocycles. The summed E-state index contributed by atoms with van der Waals surface area (Å²) >= 11 is 0. The second kappa shape index (κ2) is 18.4. The molecule has 3 amide bonds. The number of aromatic nitrogens is 2. The van der Waals surface area contributed by atoms with Gasteiger partial charge in [0.1, 0.15) is 16.3 Å². The van der Waals surface area contributed by atoms with E-state index in [1.54, 1.807) is 22.9 Å². The number of phenolic OH excluding ortho intramolecular Hbond substituents is 1. The van der Waals surface area contributed by atoms with Gasteiger partial charge in [0.05, 0.1) is 31.4 Å². The molecular formula is C40H48N6O8S. The van der Waals surface area contributed by atoms with Gasteiger partial charge in [0.25, 0.3) is 21.8 Å². The number of ether oxygens (including phenoxy) is 2. The zero-order chi connectivity index (χ0) is 38.8. The van der Waals surface area contributed by atoms with Crippen LogP contribution in [0, 0.1) is 0 Å². The maximum Gasteiger partial charge on any atom is 0.266 e. The Balaban J connectivity index is 0.000000362. The molecule has 7 rings (SSSR count). The molecule has 1 saturated carbocycles. The minimum atomic E-state index is -3.55. The molecule has 0 bridgehead atoms. The summed E-state index contributed by atoms with van der Waals surface area (Å²) in [6.45, 7) is 2.99. The maximum absolute atomic E-state index is 13.3. The van der Waals surface area contributed by atoms with Crippen LogP contribution in [0.3, 0.4) is 0 Å². The lowest BCUT2D eigenvalue weighted by Gasteiger charge is -2.34. The maximum atomic E-state index is 13.3. The molecule has 15 heteroatoms. The van der Waals surface area contributed by atoms with Gasteiger partial charge in [-0.05, 0) is 67.1 Å². The number of rotatable bonds is 14. The number of anilines is 1. The number of carbonyl (C=O) groups excluding carboxylic acids is 3. The van der Waals surface area contributed by atoms with Gasteiger partial charge in [0, 0.05) is 37.9 Å². The first-order valence-corrected chi connectivity index (χ1v) is 20.2. The van der Waals surface area contributed by atoms with Gasteiger partial charge >= 0.3 is 0 Å². The number of hydrogen-bond acceptors (Lipinski definition) is 10. The molecule has 1 fully saturated rings. The van der Waals surface area contributed by atoms with Crippen LogP contribution < -0.4 is 20.1 Å². The fraction of sp³-hybridized carbons (Fsp3) is 0.400. The molecule has 2 aliphatic heterocycles. The van der Waals surface area contributed by atoms with Crippen LogP contribution in [0.25, 0.3) is 11.1 Å². The van der Waals surface area contributed by atoms with E-state index in [2.05, 4.69) is 44.9 Å². The number of aromatic hydroxyl groups is 1. The third kappa shape index (κ3) is 10.3. The number of fused-ring (bicyclic) bond motifs is 2. The first-order valence-electron chi connectivity index (χ1n) is 18.7. The third-order valence-corrected chi connectivity index (χ3v) is 11.3. The number of carbonyl (C=O) groups is 3. The van der Waals surface area contributed by atoms with Crippen LogP contribution in [0.5, 0.6) is 11.5 Å². The smallest absolute Gasteiger partial charge is 0.266 e. The quantitative estimate of drug-likeness (QED) is 0.107. The van der Waals surface area contributed by atoms with E-state index in [4.69, 9.17) is 9.47 Å². The number of phenols is 1. The van der Waals surface area contributed by atoms with E-state index in [-0.39, 0.29) is 34.6 Å². The Bertz CT molecular complexity index is 2080. The zero-order valence-electron chi connectivity index (χ0n) is 31.0. The van der Waals surface area contributed by atoms with Crippen molar-refractivity contribution in [2.24, 2.45) is 7.05 Å². The van der Waals surface area contributed by atoms with Gasteiger partial charge in [0.2, 0.25) is 5.91 Å². The van der Waals surface area contributed by atoms with Crippen molar-refractivity contribution in [1.29, 1.82) is 0 Å². The Kier molecular flexibility index (Phi) is 13.2. The number of amides is 3. The van der Waals surface area contributed by atoms with Crippen molar-refractivity contribution in [2.75, 3.05) is 44.8 Å². The summed E-state index contributed by atoms with van der Waals surface area (Å²) in [7, 11) is -1.64. The van der Waals surface area contributed by atoms with Crippen molar-refractivity contribution in [1.82, 2.24) is 24.7 Å². The molecule has 3 heterocycles. The number of nitrogens with zero attached hydrogens (tertiary/aromatic N) is 3. The van der Waals surface area contributed by atoms with Crippen molar-refractivity contribution < 1.29 is 37.4 Å². The number of aryl methyl sites for hydroxylation is 1. The van der Waals surface area contributed by atoms with Crippen molar-refractivity contribution in [3.8, 4) is 22.6 Å². The number of hydrogen-bond donors (Lipinski definition) is 4. The Morgan fingerprint density at radius 2 is 1.78 bits per heavy atom. The summed E-state index contributed by atoms with van der Waals surface area (Å²) in [5, 5.41) is 20.5. The van der Waals surface area contributed by atoms with E-state index in [9.17, 15) is 27.9 Å². The highest BCUT2D eigenvalue weighted by molar-refractivity contribution is 7.90. The van der Waals surface area contributed by atoms with Gasteiger partial charge in [0.15, 0.2) is 12.4 Å². The molecule has 0 spiro atoms. The SMILES string of the molecule is Cn1cc(-c2ccc(CCOCCC(=O)N(CCNCCc3ccc(O)c4c3OCC(=O)N4)C3CCCCC3)cc2)cn1.O=C1NS(=O)(=O)c2ccccc21. The Hall–Kier alpha value is -5.25. The molecule has 1 aliphatic carbocycles. The molecule has 0 radical (unpaired) electrons. The van der Waals surface area contributed by atoms with Gasteiger partial charge in [-0.1, -0.05) is 61.7 Å². The van der Waals surface area contributed by atoms with Crippen LogP contribution >= 0.6 is 0 Å². The van der Waals surface area contributed by atoms with Crippen molar-refractivity contribution >= 4 is 33.4 Å². The first-order chi connectivity index (χ1) is 26.6. The zero-order valence-corrected chi connectivity index (χ0v) is 31.8. The lowest BCUT2D eigenvalue weighted by atomic mass is 9.94. The summed E-state index contributed by atoms with van der Waals surface area (Å²) in [5.41, 5.74) is 4.92. The number of benzene rings is 3. The van der Waals surface area contributed by atoms with Crippen molar-refractivity contribution in [3.05, 3.63) is 89.7 Å². The van der Waals surface area contributed by atoms with E-state index in [1.165, 1.54) is 37.0 Å². The van der Waals surface area contributed by atoms with Gasteiger partial charge in [-0.15, -0.1) is 0 Å². The second-order valence-corrected chi connectivity index (χ2v) is 15.5. The van der Waals surface area contributed by atoms with E-state index >= 15 is 0 Å². The van der Waals surface area contributed by atoms with E-state index < -0.39 is 15.9 Å². The predicted octanol–water partition coefficient (Wildman–Crippen LogP) is 4.19. The predicted molar refractivity (Wildman–Crippen MR) is 206 cm³/mol. The number of nitrogens with one attached hydrogen (secondary N) is 3. The molecule has 4 aromatic rings. The molecule has 1 aromatic heterocycles. The van der Waals surface area contributed by atoms with Gasteiger partial charge < -0.3 is 30.1 Å². The summed E-state index contributed by atoms with van der Waals surface area (Å²) < 4.78 is 37.4. The highest BCUT2D eigenvalue weighted by Crippen LogP contribution is 2.39. The highest BCUT2D eigenvalue weighted by atomic mass is 32.2. The molecule has 3 aliphatic rings. The molecule has 4 N–H and O–H groups in total. The average Bonchev–Trinajstić information content (AvgIpc) is 3.73. The van der Waals surface area contributed by atoms with Gasteiger partial charge in [-0.25, -0.2) is 13.1 Å². The average molecular weight is 773 g/mol. The Morgan fingerprint density at radius 1 is 1.00 bits per heavy atom. The van der Waals surface area contributed by atoms with Crippen LogP contribution in [-0.2, 0) is 44.2 Å². The first kappa shape index (κ1) is 39.4. The monoisotopic (exact) mass is 772 g/mol. The summed E-state index contributed by atoms with van der Waals surface area (Å²) in [6.07, 6.45) is 11.4. The second-order valence-electron chi connectivity index (χ2n) is 13.8. The molecule has 292 valence electrons. The van der Waals surface area contributed by atoms with Crippen molar-refractivity contribution in [2.45, 2.75) is 62.3 Å². The normalized spacial score (nSPS) is 15.8. The lowest BCUT2D eigenvalue weighted by Crippen LogP contribution is -2.45. The molecule has 3 aromatic carbocycles. The highest BCUT2D eigenvalue weighted by Gasteiger charge is 2.31. The Morgan fingerprint density at radius 3 is 2.53 bits per heavy atom. The summed E-state index contributed by atoms with van der Waals surface area (Å²) in [6, 6.07) is 18.2. The Labute approximate surface area is 321 Å². The number of sulfonamides is 1. The third-order valence-electron chi connectivity index (χ3n) is 9.90. The van der Waals surface area contributed by atoms with Crippen LogP contribution in [0.4, 0.5) is 5.69 Å². The van der Waals surface area contributed by atoms with Gasteiger partial charge in [-0.2, -0.15) is 5.10 Å². The largest absolute Gasteiger partial charge is 0.506 e. The standard InChI is InChI=1S/C33H43N5O5.C7H5NO3S/c1-37-22-27(21-35-37)25-9-7-24(8-10-25)14-19-42-20-15-31(41)38(28-5-3-2-4-6-28)18-17-34-16-13-26-11-12-29(39)32-33(26)43-23-30(40)36-32;9-7-5-3-1-2-4-6(5)12(10,11)8-7/h7-12,21-22,28,34,39H,2-6,13-20,23H2,1H3,(H,36,40);1-4H,(H,8,9). The fourth-order valence-electron chi connectivity index (χ4n) is 7.01. The summed E-state index contributed by atoms with van der Waals surface area (Å²) in [5.74, 6) is -0.136.